The fraction of sp³-hybridized carbons (Fsp3) is 0.462. The van der Waals surface area contributed by atoms with Crippen molar-refractivity contribution in [2.24, 2.45) is 5.92 Å². The lowest BCUT2D eigenvalue weighted by Gasteiger charge is -2.10. The van der Waals surface area contributed by atoms with Gasteiger partial charge in [0.05, 0.1) is 7.11 Å². The van der Waals surface area contributed by atoms with E-state index >= 15 is 0 Å². The van der Waals surface area contributed by atoms with Gasteiger partial charge in [0.1, 0.15) is 0 Å². The van der Waals surface area contributed by atoms with Crippen molar-refractivity contribution in [1.82, 2.24) is 0 Å². The van der Waals surface area contributed by atoms with Gasteiger partial charge in [-0.2, -0.15) is 0 Å². The lowest BCUT2D eigenvalue weighted by Crippen LogP contribution is -2.13. The summed E-state index contributed by atoms with van der Waals surface area (Å²) in [5.41, 5.74) is 1.77. The average Bonchev–Trinajstić information content (AvgIpc) is 2.27. The van der Waals surface area contributed by atoms with Gasteiger partial charge >= 0.3 is 5.97 Å². The highest BCUT2D eigenvalue weighted by Crippen LogP contribution is 2.16. The largest absolute Gasteiger partial charge is 0.467 e. The van der Waals surface area contributed by atoms with Crippen molar-refractivity contribution >= 4 is 5.97 Å². The van der Waals surface area contributed by atoms with Gasteiger partial charge in [0.25, 0.3) is 0 Å². The van der Waals surface area contributed by atoms with E-state index in [0.717, 1.165) is 6.42 Å². The number of rotatable bonds is 4. The minimum atomic E-state index is -1.18. The summed E-state index contributed by atoms with van der Waals surface area (Å²) >= 11 is 0. The number of hydrogen-bond acceptors (Lipinski definition) is 3. The van der Waals surface area contributed by atoms with Crippen molar-refractivity contribution in [3.63, 3.8) is 0 Å². The Balaban J connectivity index is 2.74. The standard InChI is InChI=1S/C13H18O3/c1-9(2)8-10-4-6-11(7-5-10)12(14)13(15)16-3/h4-7,9,12,14H,8H2,1-3H3/t12-/m0/s1. The molecule has 1 N–H and O–H groups in total. The van der Waals surface area contributed by atoms with Crippen LogP contribution in [0.5, 0.6) is 0 Å². The highest BCUT2D eigenvalue weighted by Gasteiger charge is 2.17. The van der Waals surface area contributed by atoms with Crippen molar-refractivity contribution in [3.8, 4) is 0 Å². The summed E-state index contributed by atoms with van der Waals surface area (Å²) in [6.07, 6.45) is -0.188. The third-order valence-corrected chi connectivity index (χ3v) is 2.36. The van der Waals surface area contributed by atoms with Gasteiger partial charge in [-0.1, -0.05) is 38.1 Å². The molecule has 16 heavy (non-hydrogen) atoms. The molecule has 0 unspecified atom stereocenters. The molecule has 0 aliphatic carbocycles. The Bertz CT molecular complexity index is 341. The predicted molar refractivity (Wildman–Crippen MR) is 62.0 cm³/mol. The number of aliphatic hydroxyl groups excluding tert-OH is 1. The van der Waals surface area contributed by atoms with E-state index in [1.807, 2.05) is 12.1 Å². The lowest BCUT2D eigenvalue weighted by molar-refractivity contribution is -0.150. The highest BCUT2D eigenvalue weighted by atomic mass is 16.5. The quantitative estimate of drug-likeness (QED) is 0.793. The average molecular weight is 222 g/mol. The minimum Gasteiger partial charge on any atom is -0.467 e. The summed E-state index contributed by atoms with van der Waals surface area (Å²) in [7, 11) is 1.26. The monoisotopic (exact) mass is 222 g/mol. The first-order chi connectivity index (χ1) is 7.54. The Hall–Kier alpha value is -1.35. The molecule has 88 valence electrons. The zero-order valence-electron chi connectivity index (χ0n) is 9.93. The molecule has 1 atom stereocenters. The van der Waals surface area contributed by atoms with E-state index in [4.69, 9.17) is 0 Å². The molecule has 0 radical (unpaired) electrons. The van der Waals surface area contributed by atoms with E-state index in [-0.39, 0.29) is 0 Å². The Labute approximate surface area is 96.1 Å². The highest BCUT2D eigenvalue weighted by molar-refractivity contribution is 5.76. The Morgan fingerprint density at radius 3 is 2.31 bits per heavy atom. The topological polar surface area (TPSA) is 46.5 Å². The summed E-state index contributed by atoms with van der Waals surface area (Å²) in [6.45, 7) is 4.30. The Kier molecular flexibility index (Phi) is 4.50. The predicted octanol–water partition coefficient (Wildman–Crippen LogP) is 2.09. The second kappa shape index (κ2) is 5.66. The Morgan fingerprint density at radius 2 is 1.88 bits per heavy atom. The fourth-order valence-electron chi connectivity index (χ4n) is 1.56. The summed E-state index contributed by atoms with van der Waals surface area (Å²) in [5, 5.41) is 9.59. The number of benzene rings is 1. The van der Waals surface area contributed by atoms with Crippen LogP contribution in [0.4, 0.5) is 0 Å². The molecular formula is C13H18O3. The van der Waals surface area contributed by atoms with Gasteiger partial charge in [-0.05, 0) is 23.5 Å². The molecule has 1 aromatic rings. The molecule has 0 saturated heterocycles. The van der Waals surface area contributed by atoms with Crippen molar-refractivity contribution in [3.05, 3.63) is 35.4 Å². The van der Waals surface area contributed by atoms with Gasteiger partial charge in [0.2, 0.25) is 0 Å². The molecule has 0 aliphatic heterocycles. The van der Waals surface area contributed by atoms with Crippen LogP contribution in [-0.2, 0) is 16.0 Å². The number of carbonyl (C=O) groups excluding carboxylic acids is 1. The number of hydrogen-bond donors (Lipinski definition) is 1. The third kappa shape index (κ3) is 3.35. The molecular weight excluding hydrogens is 204 g/mol. The van der Waals surface area contributed by atoms with Crippen LogP contribution in [-0.4, -0.2) is 18.2 Å². The number of carbonyl (C=O) groups is 1. The van der Waals surface area contributed by atoms with Crippen LogP contribution in [0.3, 0.4) is 0 Å². The summed E-state index contributed by atoms with van der Waals surface area (Å²) in [6, 6.07) is 7.39. The van der Waals surface area contributed by atoms with E-state index in [1.54, 1.807) is 12.1 Å². The van der Waals surface area contributed by atoms with Crippen LogP contribution in [0.25, 0.3) is 0 Å². The van der Waals surface area contributed by atoms with Gasteiger partial charge in [0, 0.05) is 0 Å². The van der Waals surface area contributed by atoms with Gasteiger partial charge in [0.15, 0.2) is 6.10 Å². The fourth-order valence-corrected chi connectivity index (χ4v) is 1.56. The normalized spacial score (nSPS) is 12.6. The van der Waals surface area contributed by atoms with E-state index in [1.165, 1.54) is 12.7 Å². The van der Waals surface area contributed by atoms with Gasteiger partial charge in [-0.15, -0.1) is 0 Å². The van der Waals surface area contributed by atoms with Crippen LogP contribution in [0, 0.1) is 5.92 Å². The van der Waals surface area contributed by atoms with E-state index in [2.05, 4.69) is 18.6 Å². The van der Waals surface area contributed by atoms with Crippen LogP contribution in [0.1, 0.15) is 31.1 Å². The van der Waals surface area contributed by atoms with Gasteiger partial charge in [-0.25, -0.2) is 4.79 Å². The van der Waals surface area contributed by atoms with Crippen LogP contribution >= 0.6 is 0 Å². The maximum atomic E-state index is 11.1. The first-order valence-electron chi connectivity index (χ1n) is 5.39. The zero-order chi connectivity index (χ0) is 12.1. The lowest BCUT2D eigenvalue weighted by atomic mass is 10.0. The maximum absolute atomic E-state index is 11.1. The second-order valence-corrected chi connectivity index (χ2v) is 4.27. The Morgan fingerprint density at radius 1 is 1.31 bits per heavy atom. The number of methoxy groups -OCH3 is 1. The van der Waals surface area contributed by atoms with Crippen LogP contribution in [0.2, 0.25) is 0 Å². The molecule has 0 bridgehead atoms. The summed E-state index contributed by atoms with van der Waals surface area (Å²) in [4.78, 5) is 11.1. The van der Waals surface area contributed by atoms with Crippen LogP contribution < -0.4 is 0 Å². The van der Waals surface area contributed by atoms with Crippen molar-refractivity contribution in [2.45, 2.75) is 26.4 Å². The molecule has 3 nitrogen and oxygen atoms in total. The van der Waals surface area contributed by atoms with Crippen molar-refractivity contribution < 1.29 is 14.6 Å². The molecule has 1 rings (SSSR count). The molecule has 3 heteroatoms. The molecule has 0 spiro atoms. The first kappa shape index (κ1) is 12.7. The number of esters is 1. The zero-order valence-corrected chi connectivity index (χ0v) is 9.93. The number of aliphatic hydroxyl groups is 1. The molecule has 0 fully saturated rings. The molecule has 0 amide bonds. The van der Waals surface area contributed by atoms with E-state index < -0.39 is 12.1 Å². The molecule has 1 aromatic carbocycles. The van der Waals surface area contributed by atoms with Crippen molar-refractivity contribution in [1.29, 1.82) is 0 Å². The van der Waals surface area contributed by atoms with Crippen molar-refractivity contribution in [2.75, 3.05) is 7.11 Å². The summed E-state index contributed by atoms with van der Waals surface area (Å²) < 4.78 is 4.47. The number of ether oxygens (including phenoxy) is 1. The molecule has 0 aromatic heterocycles. The third-order valence-electron chi connectivity index (χ3n) is 2.36. The van der Waals surface area contributed by atoms with Gasteiger partial charge in [-0.3, -0.25) is 0 Å². The van der Waals surface area contributed by atoms with E-state index in [9.17, 15) is 9.90 Å². The summed E-state index contributed by atoms with van der Waals surface area (Å²) in [5.74, 6) is -0.0343. The molecule has 0 aliphatic rings. The smallest absolute Gasteiger partial charge is 0.339 e. The first-order valence-corrected chi connectivity index (χ1v) is 5.39. The maximum Gasteiger partial charge on any atom is 0.339 e. The molecule has 0 heterocycles. The SMILES string of the molecule is COC(=O)[C@@H](O)c1ccc(CC(C)C)cc1. The minimum absolute atomic E-state index is 0.569. The molecule has 0 saturated carbocycles. The van der Waals surface area contributed by atoms with Crippen LogP contribution in [0.15, 0.2) is 24.3 Å². The van der Waals surface area contributed by atoms with E-state index in [0.29, 0.717) is 11.5 Å². The second-order valence-electron chi connectivity index (χ2n) is 4.27. The van der Waals surface area contributed by atoms with Gasteiger partial charge < -0.3 is 9.84 Å².